The van der Waals surface area contributed by atoms with E-state index in [1.54, 1.807) is 26.4 Å². The number of halogens is 1. The van der Waals surface area contributed by atoms with Gasteiger partial charge in [0.15, 0.2) is 0 Å². The normalized spacial score (nSPS) is 18.3. The average Bonchev–Trinajstić information content (AvgIpc) is 3.54. The largest absolute Gasteiger partial charge is 0.497 e. The van der Waals surface area contributed by atoms with Gasteiger partial charge in [-0.25, -0.2) is 9.06 Å². The lowest BCUT2D eigenvalue weighted by atomic mass is 9.80. The minimum Gasteiger partial charge on any atom is -0.497 e. The molecule has 0 spiro atoms. The van der Waals surface area contributed by atoms with Gasteiger partial charge in [-0.2, -0.15) is 5.26 Å². The Hall–Kier alpha value is -3.87. The molecule has 8 nitrogen and oxygen atoms in total. The first-order chi connectivity index (χ1) is 24.7. The predicted octanol–water partition coefficient (Wildman–Crippen LogP) is 9.34. The van der Waals surface area contributed by atoms with E-state index in [1.807, 2.05) is 84.9 Å². The van der Waals surface area contributed by atoms with Crippen LogP contribution in [0.15, 0.2) is 103 Å². The highest BCUT2D eigenvalue weighted by Crippen LogP contribution is 2.51. The molecule has 10 heteroatoms. The molecule has 0 bridgehead atoms. The van der Waals surface area contributed by atoms with Gasteiger partial charge in [0, 0.05) is 24.1 Å². The fourth-order valence-electron chi connectivity index (χ4n) is 6.60. The topological polar surface area (TPSA) is 82.4 Å². The van der Waals surface area contributed by atoms with E-state index in [9.17, 15) is 5.26 Å². The molecule has 0 saturated carbocycles. The Labute approximate surface area is 303 Å². The van der Waals surface area contributed by atoms with Crippen molar-refractivity contribution in [2.24, 2.45) is 0 Å². The minimum atomic E-state index is -1.60. The first kappa shape index (κ1) is 38.4. The number of benzene rings is 4. The smallest absolute Gasteiger partial charge is 0.259 e. The second-order valence-corrected chi connectivity index (χ2v) is 14.3. The van der Waals surface area contributed by atoms with Crippen LogP contribution in [-0.2, 0) is 24.1 Å². The van der Waals surface area contributed by atoms with E-state index < -0.39 is 32.4 Å². The van der Waals surface area contributed by atoms with Crippen molar-refractivity contribution in [3.05, 3.63) is 131 Å². The summed E-state index contributed by atoms with van der Waals surface area (Å²) in [6.45, 7) is 8.72. The average molecular weight is 715 g/mol. The van der Waals surface area contributed by atoms with Crippen LogP contribution in [0.1, 0.15) is 68.9 Å². The SMILES string of the molecule is COc1ccc(C(OC[C@H]2O[C@@H](c3ccccc3F)C[C@@H]2OP(OCCC#N)N(C(C)C)C(C)C)(c2ccccc2)c2ccc(OC)cc2)cc1. The van der Waals surface area contributed by atoms with E-state index in [2.05, 4.69) is 38.4 Å². The Bertz CT molecular complexity index is 1640. The van der Waals surface area contributed by atoms with Gasteiger partial charge >= 0.3 is 0 Å². The Morgan fingerprint density at radius 3 is 1.90 bits per heavy atom. The van der Waals surface area contributed by atoms with E-state index in [1.165, 1.54) is 6.07 Å². The lowest BCUT2D eigenvalue weighted by Gasteiger charge is -2.39. The van der Waals surface area contributed by atoms with Crippen LogP contribution in [0.3, 0.4) is 0 Å². The molecule has 4 aromatic carbocycles. The second-order valence-electron chi connectivity index (χ2n) is 12.9. The Kier molecular flexibility index (Phi) is 13.6. The van der Waals surface area contributed by atoms with Crippen LogP contribution in [0.25, 0.3) is 0 Å². The van der Waals surface area contributed by atoms with Crippen molar-refractivity contribution in [2.45, 2.75) is 76.5 Å². The summed E-state index contributed by atoms with van der Waals surface area (Å²) < 4.78 is 55.5. The molecule has 1 aliphatic heterocycles. The molecule has 1 fully saturated rings. The summed E-state index contributed by atoms with van der Waals surface area (Å²) in [7, 11) is 1.68. The summed E-state index contributed by atoms with van der Waals surface area (Å²) in [5.41, 5.74) is 2.06. The van der Waals surface area contributed by atoms with Crippen LogP contribution in [0, 0.1) is 17.1 Å². The van der Waals surface area contributed by atoms with Crippen LogP contribution in [0.4, 0.5) is 4.39 Å². The molecule has 0 N–H and O–H groups in total. The van der Waals surface area contributed by atoms with Crippen molar-refractivity contribution in [2.75, 3.05) is 27.4 Å². The van der Waals surface area contributed by atoms with Crippen LogP contribution in [-0.4, -0.2) is 56.4 Å². The fourth-order valence-corrected chi connectivity index (χ4v) is 8.36. The van der Waals surface area contributed by atoms with Crippen molar-refractivity contribution >= 4 is 8.53 Å². The van der Waals surface area contributed by atoms with E-state index >= 15 is 4.39 Å². The third-order valence-corrected chi connectivity index (χ3v) is 11.1. The van der Waals surface area contributed by atoms with E-state index in [0.29, 0.717) is 12.0 Å². The van der Waals surface area contributed by atoms with E-state index in [4.69, 9.17) is 28.0 Å². The second kappa shape index (κ2) is 18.1. The zero-order valence-electron chi connectivity index (χ0n) is 30.2. The van der Waals surface area contributed by atoms with Gasteiger partial charge in [-0.05, 0) is 74.7 Å². The standard InChI is InChI=1S/C41H48FN2O6P/c1-29(2)44(30(3)4)51(48-26-12-25-43)50-39-27-38(36-15-10-11-16-37(36)42)49-40(39)28-47-41(31-13-8-7-9-14-31,32-17-21-34(45-5)22-18-32)33-19-23-35(46-6)24-20-33/h7-11,13-24,29-30,38-40H,12,26-28H2,1-6H3/t38-,39+,40-,51?/m1/s1. The highest BCUT2D eigenvalue weighted by atomic mass is 31.2. The number of rotatable bonds is 17. The molecule has 4 atom stereocenters. The number of nitrogens with zero attached hydrogens (tertiary/aromatic N) is 2. The minimum absolute atomic E-state index is 0.104. The number of methoxy groups -OCH3 is 2. The lowest BCUT2D eigenvalue weighted by Crippen LogP contribution is -2.39. The van der Waals surface area contributed by atoms with Crippen LogP contribution >= 0.6 is 8.53 Å². The molecule has 0 amide bonds. The molecular formula is C41H48FN2O6P. The molecule has 0 radical (unpaired) electrons. The Balaban J connectivity index is 1.58. The summed E-state index contributed by atoms with van der Waals surface area (Å²) in [4.78, 5) is 0. The van der Waals surface area contributed by atoms with Crippen molar-refractivity contribution in [3.63, 3.8) is 0 Å². The van der Waals surface area contributed by atoms with Crippen LogP contribution in [0.2, 0.25) is 0 Å². The predicted molar refractivity (Wildman–Crippen MR) is 197 cm³/mol. The molecule has 1 aliphatic rings. The zero-order chi connectivity index (χ0) is 36.4. The van der Waals surface area contributed by atoms with Crippen LogP contribution in [0.5, 0.6) is 11.5 Å². The highest BCUT2D eigenvalue weighted by Gasteiger charge is 2.45. The van der Waals surface area contributed by atoms with Crippen molar-refractivity contribution < 1.29 is 32.4 Å². The third kappa shape index (κ3) is 8.96. The quantitative estimate of drug-likeness (QED) is 0.0608. The highest BCUT2D eigenvalue weighted by molar-refractivity contribution is 7.44. The summed E-state index contributed by atoms with van der Waals surface area (Å²) in [6, 6.07) is 34.8. The monoisotopic (exact) mass is 714 g/mol. The number of hydrogen-bond donors (Lipinski definition) is 0. The third-order valence-electron chi connectivity index (χ3n) is 8.98. The van der Waals surface area contributed by atoms with Gasteiger partial charge in [0.2, 0.25) is 0 Å². The molecule has 1 unspecified atom stereocenters. The number of hydrogen-bond acceptors (Lipinski definition) is 8. The maximum Gasteiger partial charge on any atom is 0.259 e. The summed E-state index contributed by atoms with van der Waals surface area (Å²) >= 11 is 0. The fraction of sp³-hybridized carbons (Fsp3) is 0.390. The van der Waals surface area contributed by atoms with Crippen molar-refractivity contribution in [1.82, 2.24) is 4.67 Å². The first-order valence-electron chi connectivity index (χ1n) is 17.3. The summed E-state index contributed by atoms with van der Waals surface area (Å²) in [6.07, 6.45) is -1.05. The molecular weight excluding hydrogens is 666 g/mol. The van der Waals surface area contributed by atoms with E-state index in [0.717, 1.165) is 28.2 Å². The Morgan fingerprint density at radius 2 is 1.37 bits per heavy atom. The summed E-state index contributed by atoms with van der Waals surface area (Å²) in [5.74, 6) is 1.11. The first-order valence-corrected chi connectivity index (χ1v) is 18.5. The molecule has 0 aromatic heterocycles. The van der Waals surface area contributed by atoms with E-state index in [-0.39, 0.29) is 37.5 Å². The van der Waals surface area contributed by atoms with Gasteiger partial charge in [-0.15, -0.1) is 0 Å². The van der Waals surface area contributed by atoms with Gasteiger partial charge < -0.3 is 28.0 Å². The molecule has 1 saturated heterocycles. The molecule has 5 rings (SSSR count). The maximum absolute atomic E-state index is 15.2. The van der Waals surface area contributed by atoms with Crippen molar-refractivity contribution in [1.29, 1.82) is 5.26 Å². The van der Waals surface area contributed by atoms with Gasteiger partial charge in [-0.3, -0.25) is 0 Å². The Morgan fingerprint density at radius 1 is 0.824 bits per heavy atom. The maximum atomic E-state index is 15.2. The molecule has 270 valence electrons. The van der Waals surface area contributed by atoms with Gasteiger partial charge in [0.25, 0.3) is 8.53 Å². The van der Waals surface area contributed by atoms with Gasteiger partial charge in [0.05, 0.1) is 52.1 Å². The lowest BCUT2D eigenvalue weighted by molar-refractivity contribution is -0.0810. The van der Waals surface area contributed by atoms with Gasteiger partial charge in [-0.1, -0.05) is 72.8 Å². The molecule has 51 heavy (non-hydrogen) atoms. The van der Waals surface area contributed by atoms with Crippen molar-refractivity contribution in [3.8, 4) is 17.6 Å². The number of nitriles is 1. The summed E-state index contributed by atoms with van der Waals surface area (Å²) in [5, 5.41) is 9.27. The van der Waals surface area contributed by atoms with Crippen LogP contribution < -0.4 is 9.47 Å². The van der Waals surface area contributed by atoms with Gasteiger partial charge in [0.1, 0.15) is 29.0 Å². The zero-order valence-corrected chi connectivity index (χ0v) is 31.1. The molecule has 0 aliphatic carbocycles. The molecule has 1 heterocycles. The number of ether oxygens (including phenoxy) is 4. The molecule has 4 aromatic rings.